The lowest BCUT2D eigenvalue weighted by molar-refractivity contribution is 0.198. The molecule has 1 heterocycles. The minimum Gasteiger partial charge on any atom is -0.381 e. The first kappa shape index (κ1) is 16.5. The second-order valence-corrected chi connectivity index (χ2v) is 12.7. The normalized spacial score (nSPS) is 16.9. The zero-order chi connectivity index (χ0) is 12.8. The summed E-state index contributed by atoms with van der Waals surface area (Å²) in [4.78, 5) is 0. The van der Waals surface area contributed by atoms with Crippen molar-refractivity contribution in [2.45, 2.75) is 71.0 Å². The van der Waals surface area contributed by atoms with Gasteiger partial charge in [0.25, 0.3) is 0 Å². The van der Waals surface area contributed by atoms with E-state index in [0.717, 1.165) is 13.2 Å². The molecule has 1 aliphatic heterocycles. The summed E-state index contributed by atoms with van der Waals surface area (Å²) < 4.78 is 4.94. The molecule has 1 nitrogen and oxygen atoms in total. The second-order valence-electron chi connectivity index (χ2n) is 5.61. The van der Waals surface area contributed by atoms with Gasteiger partial charge < -0.3 is 4.74 Å². The molecule has 0 atom stereocenters. The Kier molecular flexibility index (Phi) is 7.95. The van der Waals surface area contributed by atoms with Crippen molar-refractivity contribution < 1.29 is 4.74 Å². The van der Waals surface area contributed by atoms with Gasteiger partial charge in [0.2, 0.25) is 0 Å². The Morgan fingerprint density at radius 1 is 0.812 bits per heavy atom. The molecule has 3 heteroatoms. The molecule has 98 valence electrons. The van der Waals surface area contributed by atoms with Gasteiger partial charge in [-0.1, -0.05) is 41.5 Å². The van der Waals surface area contributed by atoms with Crippen molar-refractivity contribution in [1.82, 2.24) is 0 Å². The zero-order valence-electron chi connectivity index (χ0n) is 11.8. The lowest BCUT2D eigenvalue weighted by atomic mass is 10.4. The van der Waals surface area contributed by atoms with Gasteiger partial charge in [0.15, 0.2) is 7.38 Å². The lowest BCUT2D eigenvalue weighted by Gasteiger charge is -2.36. The maximum Gasteiger partial charge on any atom is 0.164 e. The minimum absolute atomic E-state index is 0.684. The van der Waals surface area contributed by atoms with Crippen LogP contribution in [0.3, 0.4) is 0 Å². The van der Waals surface area contributed by atoms with Crippen LogP contribution >= 0.6 is 11.1 Å². The Labute approximate surface area is 108 Å². The largest absolute Gasteiger partial charge is 0.381 e. The quantitative estimate of drug-likeness (QED) is 0.503. The SMILES string of the molecule is C1CCOC1.CC(C)[Si](Cl)(C(C)C)C(C)C. The number of hydrogen-bond donors (Lipinski definition) is 0. The summed E-state index contributed by atoms with van der Waals surface area (Å²) in [7, 11) is -1.51. The first-order chi connectivity index (χ1) is 7.33. The van der Waals surface area contributed by atoms with E-state index < -0.39 is 7.38 Å². The van der Waals surface area contributed by atoms with Crippen LogP contribution in [0.1, 0.15) is 54.4 Å². The highest BCUT2D eigenvalue weighted by molar-refractivity contribution is 7.22. The topological polar surface area (TPSA) is 9.23 Å². The fourth-order valence-electron chi connectivity index (χ4n) is 2.51. The smallest absolute Gasteiger partial charge is 0.164 e. The third-order valence-corrected chi connectivity index (χ3v) is 12.7. The Hall–Kier alpha value is 0.467. The van der Waals surface area contributed by atoms with Gasteiger partial charge in [-0.3, -0.25) is 0 Å². The van der Waals surface area contributed by atoms with Gasteiger partial charge in [0.1, 0.15) is 0 Å². The molecule has 0 aromatic rings. The highest BCUT2D eigenvalue weighted by atomic mass is 35.6. The monoisotopic (exact) mass is 264 g/mol. The Balaban J connectivity index is 0.000000368. The fraction of sp³-hybridized carbons (Fsp3) is 1.00. The highest BCUT2D eigenvalue weighted by Gasteiger charge is 2.40. The summed E-state index contributed by atoms with van der Waals surface area (Å²) in [6, 6.07) is 0. The van der Waals surface area contributed by atoms with Crippen molar-refractivity contribution in [3.05, 3.63) is 0 Å². The highest BCUT2D eigenvalue weighted by Crippen LogP contribution is 2.44. The van der Waals surface area contributed by atoms with Crippen molar-refractivity contribution in [3.8, 4) is 0 Å². The van der Waals surface area contributed by atoms with E-state index in [1.54, 1.807) is 0 Å². The molecule has 1 saturated heterocycles. The summed E-state index contributed by atoms with van der Waals surface area (Å²) in [5.41, 5.74) is 2.05. The van der Waals surface area contributed by atoms with E-state index >= 15 is 0 Å². The van der Waals surface area contributed by atoms with Gasteiger partial charge in [-0.25, -0.2) is 0 Å². The molecule has 1 rings (SSSR count). The molecule has 0 spiro atoms. The second kappa shape index (κ2) is 7.73. The maximum atomic E-state index is 6.68. The molecule has 1 fully saturated rings. The number of ether oxygens (including phenoxy) is 1. The average Bonchev–Trinajstić information content (AvgIpc) is 2.73. The van der Waals surface area contributed by atoms with E-state index in [9.17, 15) is 0 Å². The van der Waals surface area contributed by atoms with Gasteiger partial charge in [-0.2, -0.15) is 11.1 Å². The summed E-state index contributed by atoms with van der Waals surface area (Å²) in [6.45, 7) is 15.6. The Morgan fingerprint density at radius 2 is 1.12 bits per heavy atom. The van der Waals surface area contributed by atoms with Crippen LogP contribution in [-0.4, -0.2) is 20.6 Å². The fourth-order valence-corrected chi connectivity index (χ4v) is 6.51. The first-order valence-electron chi connectivity index (χ1n) is 6.60. The van der Waals surface area contributed by atoms with Crippen molar-refractivity contribution in [2.24, 2.45) is 0 Å². The van der Waals surface area contributed by atoms with Gasteiger partial charge in [0.05, 0.1) is 0 Å². The summed E-state index contributed by atoms with van der Waals surface area (Å²) in [6.07, 6.45) is 2.56. The van der Waals surface area contributed by atoms with Gasteiger partial charge in [-0.05, 0) is 29.5 Å². The summed E-state index contributed by atoms with van der Waals surface area (Å²) >= 11 is 6.68. The molecule has 0 aromatic heterocycles. The van der Waals surface area contributed by atoms with Crippen LogP contribution < -0.4 is 0 Å². The van der Waals surface area contributed by atoms with E-state index in [2.05, 4.69) is 41.5 Å². The molecule has 16 heavy (non-hydrogen) atoms. The maximum absolute atomic E-state index is 6.68. The van der Waals surface area contributed by atoms with Crippen LogP contribution in [0.15, 0.2) is 0 Å². The van der Waals surface area contributed by atoms with Crippen LogP contribution in [0.25, 0.3) is 0 Å². The van der Waals surface area contributed by atoms with Crippen LogP contribution in [-0.2, 0) is 4.74 Å². The predicted molar refractivity (Wildman–Crippen MR) is 77.0 cm³/mol. The molecular weight excluding hydrogens is 236 g/mol. The minimum atomic E-state index is -1.51. The first-order valence-corrected chi connectivity index (χ1v) is 9.84. The molecule has 0 aliphatic carbocycles. The van der Waals surface area contributed by atoms with Crippen LogP contribution in [0.5, 0.6) is 0 Å². The standard InChI is InChI=1S/C9H21ClSi.C4H8O/c1-7(2)11(10,8(3)4)9(5)6;1-2-4-5-3-1/h7-9H,1-6H3;1-4H2. The van der Waals surface area contributed by atoms with E-state index in [4.69, 9.17) is 15.8 Å². The Bertz CT molecular complexity index is 147. The van der Waals surface area contributed by atoms with E-state index in [0.29, 0.717) is 16.6 Å². The zero-order valence-corrected chi connectivity index (χ0v) is 13.6. The molecule has 1 aliphatic rings. The molecule has 0 saturated carbocycles. The third-order valence-electron chi connectivity index (χ3n) is 3.48. The lowest BCUT2D eigenvalue weighted by Crippen LogP contribution is -2.37. The number of halogens is 1. The van der Waals surface area contributed by atoms with Gasteiger partial charge in [-0.15, -0.1) is 0 Å². The van der Waals surface area contributed by atoms with Crippen molar-refractivity contribution in [2.75, 3.05) is 13.2 Å². The third kappa shape index (κ3) is 4.76. The summed E-state index contributed by atoms with van der Waals surface area (Å²) in [5, 5.41) is 0. The van der Waals surface area contributed by atoms with Crippen LogP contribution in [0, 0.1) is 0 Å². The molecule has 0 bridgehead atoms. The Morgan fingerprint density at radius 3 is 1.19 bits per heavy atom. The van der Waals surface area contributed by atoms with Gasteiger partial charge >= 0.3 is 0 Å². The summed E-state index contributed by atoms with van der Waals surface area (Å²) in [5.74, 6) is 0. The number of rotatable bonds is 3. The average molecular weight is 265 g/mol. The van der Waals surface area contributed by atoms with Crippen LogP contribution in [0.4, 0.5) is 0 Å². The molecule has 0 amide bonds. The molecule has 0 N–H and O–H groups in total. The molecule has 0 radical (unpaired) electrons. The van der Waals surface area contributed by atoms with Gasteiger partial charge in [0, 0.05) is 13.2 Å². The molecule has 0 aromatic carbocycles. The van der Waals surface area contributed by atoms with Crippen LogP contribution in [0.2, 0.25) is 16.6 Å². The van der Waals surface area contributed by atoms with E-state index in [1.165, 1.54) is 12.8 Å². The van der Waals surface area contributed by atoms with Crippen molar-refractivity contribution >= 4 is 18.5 Å². The predicted octanol–water partition coefficient (Wildman–Crippen LogP) is 5.20. The van der Waals surface area contributed by atoms with Crippen molar-refractivity contribution in [1.29, 1.82) is 0 Å². The van der Waals surface area contributed by atoms with E-state index in [-0.39, 0.29) is 0 Å². The molecule has 0 unspecified atom stereocenters. The van der Waals surface area contributed by atoms with Crippen molar-refractivity contribution in [3.63, 3.8) is 0 Å². The number of hydrogen-bond acceptors (Lipinski definition) is 1. The van der Waals surface area contributed by atoms with E-state index in [1.807, 2.05) is 0 Å². The molecular formula is C13H29ClOSi.